The van der Waals surface area contributed by atoms with Crippen LogP contribution < -0.4 is 5.43 Å². The van der Waals surface area contributed by atoms with Crippen LogP contribution in [-0.2, 0) is 4.74 Å². The van der Waals surface area contributed by atoms with Gasteiger partial charge in [-0.05, 0) is 37.5 Å². The molecule has 158 valence electrons. The number of aryl methyl sites for hydroxylation is 1. The summed E-state index contributed by atoms with van der Waals surface area (Å²) < 4.78 is 11.6. The molecule has 0 spiro atoms. The predicted molar refractivity (Wildman–Crippen MR) is 112 cm³/mol. The van der Waals surface area contributed by atoms with Crippen LogP contribution in [0.3, 0.4) is 0 Å². The van der Waals surface area contributed by atoms with E-state index in [2.05, 4.69) is 0 Å². The van der Waals surface area contributed by atoms with Crippen LogP contribution in [0.4, 0.5) is 5.69 Å². The molecule has 0 aliphatic carbocycles. The number of non-ortho nitro benzene ring substituents is 1. The van der Waals surface area contributed by atoms with Crippen LogP contribution in [0.25, 0.3) is 11.0 Å². The number of ether oxygens (including phenoxy) is 1. The first-order valence-corrected chi connectivity index (χ1v) is 10.2. The Kier molecular flexibility index (Phi) is 4.59. The van der Waals surface area contributed by atoms with Crippen molar-refractivity contribution in [2.24, 2.45) is 0 Å². The summed E-state index contributed by atoms with van der Waals surface area (Å²) in [6.07, 6.45) is 1.57. The van der Waals surface area contributed by atoms with E-state index < -0.39 is 16.9 Å². The van der Waals surface area contributed by atoms with Gasteiger partial charge in [-0.2, -0.15) is 0 Å². The van der Waals surface area contributed by atoms with Gasteiger partial charge in [0.05, 0.1) is 28.0 Å². The molecule has 3 heterocycles. The van der Waals surface area contributed by atoms with Crippen molar-refractivity contribution in [1.82, 2.24) is 4.90 Å². The SMILES string of the molecule is Cc1ccc2oc3c(c(=O)c2c1)[C@H](c1cccc([N+](=O)[O-])c1)N(C[C@H]1CCCO1)C3=O. The summed E-state index contributed by atoms with van der Waals surface area (Å²) in [5.41, 5.74) is 1.57. The Hall–Kier alpha value is -3.52. The van der Waals surface area contributed by atoms with Crippen LogP contribution >= 0.6 is 0 Å². The maximum atomic E-state index is 13.5. The van der Waals surface area contributed by atoms with Gasteiger partial charge in [0.1, 0.15) is 5.58 Å². The van der Waals surface area contributed by atoms with Gasteiger partial charge in [0.25, 0.3) is 11.6 Å². The molecule has 2 aromatic carbocycles. The molecule has 1 aromatic heterocycles. The monoisotopic (exact) mass is 420 g/mol. The number of carbonyl (C=O) groups excluding carboxylic acids is 1. The third-order valence-corrected chi connectivity index (χ3v) is 5.94. The summed E-state index contributed by atoms with van der Waals surface area (Å²) in [6.45, 7) is 2.78. The smallest absolute Gasteiger partial charge is 0.291 e. The number of nitrogens with zero attached hydrogens (tertiary/aromatic N) is 2. The number of amides is 1. The largest absolute Gasteiger partial charge is 0.450 e. The highest BCUT2D eigenvalue weighted by Gasteiger charge is 2.44. The Balaban J connectivity index is 1.72. The van der Waals surface area contributed by atoms with Crippen molar-refractivity contribution >= 4 is 22.6 Å². The molecule has 8 heteroatoms. The third kappa shape index (κ3) is 3.19. The Bertz CT molecular complexity index is 1270. The number of benzene rings is 2. The van der Waals surface area contributed by atoms with Crippen LogP contribution in [0.5, 0.6) is 0 Å². The first-order chi connectivity index (χ1) is 14.9. The van der Waals surface area contributed by atoms with Crippen molar-refractivity contribution in [2.45, 2.75) is 31.9 Å². The molecule has 0 saturated carbocycles. The minimum absolute atomic E-state index is 0.00384. The van der Waals surface area contributed by atoms with Gasteiger partial charge in [0.2, 0.25) is 5.76 Å². The second-order valence-electron chi connectivity index (χ2n) is 8.02. The van der Waals surface area contributed by atoms with E-state index in [1.165, 1.54) is 12.1 Å². The average molecular weight is 420 g/mol. The minimum atomic E-state index is -0.771. The number of fused-ring (bicyclic) bond motifs is 2. The number of rotatable bonds is 4. The molecular formula is C23H20N2O6. The van der Waals surface area contributed by atoms with Gasteiger partial charge >= 0.3 is 0 Å². The molecule has 1 saturated heterocycles. The maximum Gasteiger partial charge on any atom is 0.291 e. The molecule has 1 fully saturated rings. The van der Waals surface area contributed by atoms with Crippen LogP contribution in [-0.4, -0.2) is 35.0 Å². The summed E-state index contributed by atoms with van der Waals surface area (Å²) >= 11 is 0. The van der Waals surface area contributed by atoms with Crippen LogP contribution in [0.1, 0.15) is 46.1 Å². The standard InChI is InChI=1S/C23H20N2O6/c1-13-7-8-18-17(10-13)21(26)19-20(14-4-2-5-15(11-14)25(28)29)24(23(27)22(19)31-18)12-16-6-3-9-30-16/h2,4-5,7-8,10-11,16,20H,3,6,9,12H2,1H3/t16-,20+/m1/s1. The lowest BCUT2D eigenvalue weighted by Crippen LogP contribution is -2.36. The zero-order chi connectivity index (χ0) is 21.7. The summed E-state index contributed by atoms with van der Waals surface area (Å²) in [6, 6.07) is 10.5. The van der Waals surface area contributed by atoms with Crippen molar-refractivity contribution in [3.8, 4) is 0 Å². The number of hydrogen-bond donors (Lipinski definition) is 0. The van der Waals surface area contributed by atoms with Gasteiger partial charge in [0, 0.05) is 25.3 Å². The summed E-state index contributed by atoms with van der Waals surface area (Å²) in [4.78, 5) is 39.3. The topological polar surface area (TPSA) is 103 Å². The van der Waals surface area contributed by atoms with Gasteiger partial charge in [-0.1, -0.05) is 23.8 Å². The van der Waals surface area contributed by atoms with Gasteiger partial charge in [-0.25, -0.2) is 0 Å². The lowest BCUT2D eigenvalue weighted by molar-refractivity contribution is -0.384. The maximum absolute atomic E-state index is 13.5. The van der Waals surface area contributed by atoms with E-state index in [9.17, 15) is 19.7 Å². The molecule has 0 radical (unpaired) electrons. The van der Waals surface area contributed by atoms with Crippen molar-refractivity contribution in [1.29, 1.82) is 0 Å². The molecule has 2 atom stereocenters. The molecule has 8 nitrogen and oxygen atoms in total. The first-order valence-electron chi connectivity index (χ1n) is 10.2. The lowest BCUT2D eigenvalue weighted by atomic mass is 9.97. The minimum Gasteiger partial charge on any atom is -0.450 e. The number of hydrogen-bond acceptors (Lipinski definition) is 6. The average Bonchev–Trinajstić information content (AvgIpc) is 3.36. The molecule has 0 N–H and O–H groups in total. The third-order valence-electron chi connectivity index (χ3n) is 5.94. The fraction of sp³-hybridized carbons (Fsp3) is 0.304. The summed E-state index contributed by atoms with van der Waals surface area (Å²) in [5, 5.41) is 11.7. The van der Waals surface area contributed by atoms with E-state index in [0.29, 0.717) is 23.1 Å². The van der Waals surface area contributed by atoms with E-state index in [4.69, 9.17) is 9.15 Å². The van der Waals surface area contributed by atoms with Gasteiger partial charge in [-0.3, -0.25) is 19.7 Å². The van der Waals surface area contributed by atoms with Crippen molar-refractivity contribution in [3.05, 3.63) is 85.3 Å². The summed E-state index contributed by atoms with van der Waals surface area (Å²) in [5.74, 6) is -0.405. The second-order valence-corrected chi connectivity index (χ2v) is 8.02. The van der Waals surface area contributed by atoms with Gasteiger partial charge in [0.15, 0.2) is 5.43 Å². The molecule has 1 amide bonds. The molecule has 3 aromatic rings. The van der Waals surface area contributed by atoms with E-state index in [0.717, 1.165) is 18.4 Å². The van der Waals surface area contributed by atoms with Crippen molar-refractivity contribution in [3.63, 3.8) is 0 Å². The quantitative estimate of drug-likeness (QED) is 0.471. The Morgan fingerprint density at radius 2 is 2.03 bits per heavy atom. The number of nitro benzene ring substituents is 1. The molecule has 0 unspecified atom stereocenters. The van der Waals surface area contributed by atoms with Crippen LogP contribution in [0.2, 0.25) is 0 Å². The molecule has 2 aliphatic rings. The number of carbonyl (C=O) groups is 1. The van der Waals surface area contributed by atoms with Crippen LogP contribution in [0, 0.1) is 17.0 Å². The molecule has 0 bridgehead atoms. The van der Waals surface area contributed by atoms with Crippen molar-refractivity contribution in [2.75, 3.05) is 13.2 Å². The number of nitro groups is 1. The lowest BCUT2D eigenvalue weighted by Gasteiger charge is -2.27. The van der Waals surface area contributed by atoms with E-state index >= 15 is 0 Å². The molecular weight excluding hydrogens is 400 g/mol. The fourth-order valence-corrected chi connectivity index (χ4v) is 4.49. The Morgan fingerprint density at radius 1 is 1.19 bits per heavy atom. The molecule has 31 heavy (non-hydrogen) atoms. The highest BCUT2D eigenvalue weighted by molar-refractivity contribution is 5.99. The highest BCUT2D eigenvalue weighted by Crippen LogP contribution is 2.39. The molecule has 2 aliphatic heterocycles. The van der Waals surface area contributed by atoms with Crippen molar-refractivity contribution < 1.29 is 18.9 Å². The fourth-order valence-electron chi connectivity index (χ4n) is 4.49. The second kappa shape index (κ2) is 7.31. The predicted octanol–water partition coefficient (Wildman–Crippen LogP) is 3.73. The Labute approximate surface area is 177 Å². The van der Waals surface area contributed by atoms with E-state index in [-0.39, 0.29) is 35.1 Å². The van der Waals surface area contributed by atoms with Gasteiger partial charge < -0.3 is 14.1 Å². The summed E-state index contributed by atoms with van der Waals surface area (Å²) in [7, 11) is 0. The van der Waals surface area contributed by atoms with E-state index in [1.807, 2.05) is 13.0 Å². The highest BCUT2D eigenvalue weighted by atomic mass is 16.6. The normalized spacial score (nSPS) is 20.4. The first kappa shape index (κ1) is 19.4. The van der Waals surface area contributed by atoms with Crippen LogP contribution in [0.15, 0.2) is 51.7 Å². The van der Waals surface area contributed by atoms with E-state index in [1.54, 1.807) is 29.2 Å². The van der Waals surface area contributed by atoms with Gasteiger partial charge in [-0.15, -0.1) is 0 Å². The zero-order valence-corrected chi connectivity index (χ0v) is 16.9. The molecule has 5 rings (SSSR count). The Morgan fingerprint density at radius 3 is 2.77 bits per heavy atom. The zero-order valence-electron chi connectivity index (χ0n) is 16.9.